The zero-order valence-electron chi connectivity index (χ0n) is 7.34. The Balaban J connectivity index is 1.67. The van der Waals surface area contributed by atoms with Gasteiger partial charge < -0.3 is 10.1 Å². The number of hydrogen-bond acceptors (Lipinski definition) is 2. The predicted molar refractivity (Wildman–Crippen MR) is 44.4 cm³/mol. The van der Waals surface area contributed by atoms with Gasteiger partial charge in [0.1, 0.15) is 0 Å². The van der Waals surface area contributed by atoms with Crippen LogP contribution < -0.4 is 5.32 Å². The molecule has 1 aliphatic carbocycles. The van der Waals surface area contributed by atoms with Crippen molar-refractivity contribution >= 4 is 0 Å². The van der Waals surface area contributed by atoms with Crippen molar-refractivity contribution in [3.05, 3.63) is 0 Å². The minimum absolute atomic E-state index is 0.775. The van der Waals surface area contributed by atoms with E-state index in [-0.39, 0.29) is 0 Å². The van der Waals surface area contributed by atoms with E-state index in [1.807, 2.05) is 0 Å². The molecular weight excluding hydrogens is 138 g/mol. The standard InChI is InChI=1S/C9H17NO/c1-6(2)3-10-9-7-4-11-5-8(7)9/h6-10H,3-5H2,1-2H3. The minimum atomic E-state index is 0.775. The average Bonchev–Trinajstić information content (AvgIpc) is 2.44. The quantitative estimate of drug-likeness (QED) is 0.653. The fraction of sp³-hybridized carbons (Fsp3) is 1.00. The van der Waals surface area contributed by atoms with Crippen LogP contribution in [0.1, 0.15) is 13.8 Å². The predicted octanol–water partition coefficient (Wildman–Crippen LogP) is 0.877. The van der Waals surface area contributed by atoms with Gasteiger partial charge >= 0.3 is 0 Å². The first-order valence-electron chi connectivity index (χ1n) is 4.60. The number of rotatable bonds is 3. The fourth-order valence-corrected chi connectivity index (χ4v) is 1.91. The molecule has 1 saturated carbocycles. The first kappa shape index (κ1) is 7.56. The van der Waals surface area contributed by atoms with Gasteiger partial charge in [-0.25, -0.2) is 0 Å². The highest BCUT2D eigenvalue weighted by Gasteiger charge is 2.53. The second-order valence-corrected chi connectivity index (χ2v) is 4.19. The van der Waals surface area contributed by atoms with Crippen molar-refractivity contribution in [2.24, 2.45) is 17.8 Å². The molecule has 2 unspecified atom stereocenters. The van der Waals surface area contributed by atoms with Gasteiger partial charge in [0, 0.05) is 17.9 Å². The molecule has 0 aromatic carbocycles. The summed E-state index contributed by atoms with van der Waals surface area (Å²) in [5, 5.41) is 3.58. The van der Waals surface area contributed by atoms with Crippen LogP contribution in [0.3, 0.4) is 0 Å². The molecule has 0 bridgehead atoms. The summed E-state index contributed by atoms with van der Waals surface area (Å²) < 4.78 is 5.30. The van der Waals surface area contributed by atoms with E-state index in [1.165, 1.54) is 0 Å². The first-order valence-corrected chi connectivity index (χ1v) is 4.60. The first-order chi connectivity index (χ1) is 5.29. The largest absolute Gasteiger partial charge is 0.381 e. The van der Waals surface area contributed by atoms with Crippen molar-refractivity contribution in [1.82, 2.24) is 5.32 Å². The SMILES string of the molecule is CC(C)CNC1C2COCC21. The van der Waals surface area contributed by atoms with Gasteiger partial charge in [0.2, 0.25) is 0 Å². The lowest BCUT2D eigenvalue weighted by Crippen LogP contribution is -2.26. The van der Waals surface area contributed by atoms with Crippen LogP contribution in [-0.2, 0) is 4.74 Å². The van der Waals surface area contributed by atoms with E-state index in [2.05, 4.69) is 19.2 Å². The van der Waals surface area contributed by atoms with E-state index >= 15 is 0 Å². The Hall–Kier alpha value is -0.0800. The molecule has 2 atom stereocenters. The molecule has 0 aromatic heterocycles. The van der Waals surface area contributed by atoms with Crippen LogP contribution in [0.25, 0.3) is 0 Å². The zero-order chi connectivity index (χ0) is 7.84. The van der Waals surface area contributed by atoms with Crippen LogP contribution in [0.5, 0.6) is 0 Å². The molecule has 1 heterocycles. The van der Waals surface area contributed by atoms with Crippen molar-refractivity contribution in [2.75, 3.05) is 19.8 Å². The molecular formula is C9H17NO. The average molecular weight is 155 g/mol. The third kappa shape index (κ3) is 1.42. The normalized spacial score (nSPS) is 41.2. The molecule has 2 heteroatoms. The minimum Gasteiger partial charge on any atom is -0.381 e. The zero-order valence-corrected chi connectivity index (χ0v) is 7.34. The second kappa shape index (κ2) is 2.76. The molecule has 2 fully saturated rings. The van der Waals surface area contributed by atoms with E-state index < -0.39 is 0 Å². The van der Waals surface area contributed by atoms with Crippen LogP contribution in [0.15, 0.2) is 0 Å². The fourth-order valence-electron chi connectivity index (χ4n) is 1.91. The van der Waals surface area contributed by atoms with Gasteiger partial charge in [-0.1, -0.05) is 13.8 Å². The summed E-state index contributed by atoms with van der Waals surface area (Å²) >= 11 is 0. The lowest BCUT2D eigenvalue weighted by atomic mass is 10.2. The monoisotopic (exact) mass is 155 g/mol. The molecule has 1 aliphatic heterocycles. The van der Waals surface area contributed by atoms with Crippen molar-refractivity contribution in [3.8, 4) is 0 Å². The van der Waals surface area contributed by atoms with Crippen LogP contribution in [0.4, 0.5) is 0 Å². The van der Waals surface area contributed by atoms with E-state index in [0.717, 1.165) is 43.6 Å². The Bertz CT molecular complexity index is 136. The molecule has 64 valence electrons. The summed E-state index contributed by atoms with van der Waals surface area (Å²) in [5.41, 5.74) is 0. The van der Waals surface area contributed by atoms with E-state index in [9.17, 15) is 0 Å². The number of ether oxygens (including phenoxy) is 1. The Morgan fingerprint density at radius 1 is 1.36 bits per heavy atom. The summed E-state index contributed by atoms with van der Waals surface area (Å²) in [6, 6.07) is 0.797. The highest BCUT2D eigenvalue weighted by Crippen LogP contribution is 2.43. The molecule has 2 aliphatic rings. The van der Waals surface area contributed by atoms with Gasteiger partial charge in [-0.15, -0.1) is 0 Å². The topological polar surface area (TPSA) is 21.3 Å². The molecule has 2 rings (SSSR count). The van der Waals surface area contributed by atoms with Gasteiger partial charge in [-0.05, 0) is 12.5 Å². The van der Waals surface area contributed by atoms with Gasteiger partial charge in [-0.2, -0.15) is 0 Å². The highest BCUT2D eigenvalue weighted by molar-refractivity contribution is 5.05. The van der Waals surface area contributed by atoms with Crippen molar-refractivity contribution < 1.29 is 4.74 Å². The van der Waals surface area contributed by atoms with Crippen LogP contribution >= 0.6 is 0 Å². The molecule has 0 spiro atoms. The van der Waals surface area contributed by atoms with Crippen LogP contribution in [0.2, 0.25) is 0 Å². The molecule has 11 heavy (non-hydrogen) atoms. The van der Waals surface area contributed by atoms with E-state index in [0.29, 0.717) is 0 Å². The van der Waals surface area contributed by atoms with E-state index in [1.54, 1.807) is 0 Å². The summed E-state index contributed by atoms with van der Waals surface area (Å²) in [6.07, 6.45) is 0. The summed E-state index contributed by atoms with van der Waals surface area (Å²) in [5.74, 6) is 2.49. The molecule has 0 amide bonds. The number of hydrogen-bond donors (Lipinski definition) is 1. The molecule has 1 N–H and O–H groups in total. The summed E-state index contributed by atoms with van der Waals surface area (Å²) in [6.45, 7) is 7.67. The van der Waals surface area contributed by atoms with Crippen molar-refractivity contribution in [3.63, 3.8) is 0 Å². The maximum atomic E-state index is 5.30. The Kier molecular flexibility index (Phi) is 1.90. The lowest BCUT2D eigenvalue weighted by molar-refractivity contribution is 0.155. The smallest absolute Gasteiger partial charge is 0.0513 e. The van der Waals surface area contributed by atoms with Crippen molar-refractivity contribution in [1.29, 1.82) is 0 Å². The molecule has 1 saturated heterocycles. The Labute approximate surface area is 68.3 Å². The number of nitrogens with one attached hydrogen (secondary N) is 1. The van der Waals surface area contributed by atoms with Gasteiger partial charge in [0.25, 0.3) is 0 Å². The Morgan fingerprint density at radius 3 is 2.55 bits per heavy atom. The van der Waals surface area contributed by atoms with E-state index in [4.69, 9.17) is 4.74 Å². The van der Waals surface area contributed by atoms with Crippen LogP contribution in [0, 0.1) is 17.8 Å². The highest BCUT2D eigenvalue weighted by atomic mass is 16.5. The maximum Gasteiger partial charge on any atom is 0.0513 e. The second-order valence-electron chi connectivity index (χ2n) is 4.19. The summed E-state index contributed by atoms with van der Waals surface area (Å²) in [7, 11) is 0. The lowest BCUT2D eigenvalue weighted by Gasteiger charge is -2.08. The van der Waals surface area contributed by atoms with Gasteiger partial charge in [-0.3, -0.25) is 0 Å². The Morgan fingerprint density at radius 2 is 2.00 bits per heavy atom. The third-order valence-corrected chi connectivity index (χ3v) is 2.71. The maximum absolute atomic E-state index is 5.30. The molecule has 2 nitrogen and oxygen atoms in total. The number of fused-ring (bicyclic) bond motifs is 1. The van der Waals surface area contributed by atoms with Gasteiger partial charge in [0.05, 0.1) is 13.2 Å². The van der Waals surface area contributed by atoms with Crippen molar-refractivity contribution in [2.45, 2.75) is 19.9 Å². The summed E-state index contributed by atoms with van der Waals surface area (Å²) in [4.78, 5) is 0. The molecule has 0 radical (unpaired) electrons. The van der Waals surface area contributed by atoms with Crippen LogP contribution in [-0.4, -0.2) is 25.8 Å². The third-order valence-electron chi connectivity index (χ3n) is 2.71. The van der Waals surface area contributed by atoms with Gasteiger partial charge in [0.15, 0.2) is 0 Å². The molecule has 0 aromatic rings.